The van der Waals surface area contributed by atoms with Gasteiger partial charge >= 0.3 is 0 Å². The Labute approximate surface area is 109 Å². The minimum Gasteiger partial charge on any atom is -0.497 e. The van der Waals surface area contributed by atoms with Gasteiger partial charge < -0.3 is 10.1 Å². The van der Waals surface area contributed by atoms with E-state index in [1.165, 1.54) is 24.3 Å². The molecule has 2 rings (SSSR count). The lowest BCUT2D eigenvalue weighted by atomic mass is 10.1. The first-order valence-corrected chi connectivity index (χ1v) is 7.41. The zero-order valence-electron chi connectivity index (χ0n) is 9.33. The Morgan fingerprint density at radius 2 is 2.06 bits per heavy atom. The van der Waals surface area contributed by atoms with Crippen molar-refractivity contribution in [1.29, 1.82) is 0 Å². The predicted octanol–water partition coefficient (Wildman–Crippen LogP) is 3.77. The molecule has 0 unspecified atom stereocenters. The SMILES string of the molecule is COc1cc(Br)cc(NC2CCSCC2)c1. The fourth-order valence-electron chi connectivity index (χ4n) is 1.84. The number of nitrogens with one attached hydrogen (secondary N) is 1. The van der Waals surface area contributed by atoms with Crippen LogP contribution in [0.15, 0.2) is 22.7 Å². The molecule has 0 aliphatic carbocycles. The Morgan fingerprint density at radius 1 is 1.31 bits per heavy atom. The standard InChI is InChI=1S/C12H16BrNOS/c1-15-12-7-9(13)6-11(8-12)14-10-2-4-16-5-3-10/h6-8,10,14H,2-5H2,1H3. The summed E-state index contributed by atoms with van der Waals surface area (Å²) in [6.07, 6.45) is 2.50. The van der Waals surface area contributed by atoms with Gasteiger partial charge in [-0.1, -0.05) is 15.9 Å². The van der Waals surface area contributed by atoms with E-state index in [4.69, 9.17) is 4.74 Å². The number of benzene rings is 1. The number of rotatable bonds is 3. The zero-order chi connectivity index (χ0) is 11.4. The fourth-order valence-corrected chi connectivity index (χ4v) is 3.42. The number of methoxy groups -OCH3 is 1. The maximum absolute atomic E-state index is 5.25. The summed E-state index contributed by atoms with van der Waals surface area (Å²) in [6, 6.07) is 6.74. The molecular formula is C12H16BrNOS. The quantitative estimate of drug-likeness (QED) is 0.918. The average Bonchev–Trinajstić information content (AvgIpc) is 2.29. The number of anilines is 1. The second kappa shape index (κ2) is 5.82. The van der Waals surface area contributed by atoms with Crippen molar-refractivity contribution in [1.82, 2.24) is 0 Å². The monoisotopic (exact) mass is 301 g/mol. The average molecular weight is 302 g/mol. The first-order chi connectivity index (χ1) is 7.78. The second-order valence-electron chi connectivity index (χ2n) is 3.91. The van der Waals surface area contributed by atoms with Crippen LogP contribution in [0.3, 0.4) is 0 Å². The lowest BCUT2D eigenvalue weighted by Gasteiger charge is -2.23. The van der Waals surface area contributed by atoms with Gasteiger partial charge in [-0.05, 0) is 36.5 Å². The number of hydrogen-bond acceptors (Lipinski definition) is 3. The molecule has 0 radical (unpaired) electrons. The molecule has 1 aliphatic heterocycles. The minimum atomic E-state index is 0.611. The highest BCUT2D eigenvalue weighted by Crippen LogP contribution is 2.27. The Bertz CT molecular complexity index is 353. The van der Waals surface area contributed by atoms with Gasteiger partial charge in [0.25, 0.3) is 0 Å². The molecular weight excluding hydrogens is 286 g/mol. The summed E-state index contributed by atoms with van der Waals surface area (Å²) in [6.45, 7) is 0. The summed E-state index contributed by atoms with van der Waals surface area (Å²) in [5, 5.41) is 3.57. The molecule has 4 heteroatoms. The van der Waals surface area contributed by atoms with Crippen molar-refractivity contribution in [3.63, 3.8) is 0 Å². The molecule has 0 atom stereocenters. The van der Waals surface area contributed by atoms with Gasteiger partial charge in [0, 0.05) is 22.3 Å². The van der Waals surface area contributed by atoms with E-state index in [0.29, 0.717) is 6.04 Å². The zero-order valence-corrected chi connectivity index (χ0v) is 11.7. The molecule has 0 aromatic heterocycles. The lowest BCUT2D eigenvalue weighted by Crippen LogP contribution is -2.24. The highest BCUT2D eigenvalue weighted by Gasteiger charge is 2.13. The highest BCUT2D eigenvalue weighted by atomic mass is 79.9. The molecule has 1 aromatic carbocycles. The van der Waals surface area contributed by atoms with Crippen LogP contribution in [-0.4, -0.2) is 24.7 Å². The van der Waals surface area contributed by atoms with Gasteiger partial charge in [0.1, 0.15) is 5.75 Å². The number of hydrogen-bond donors (Lipinski definition) is 1. The van der Waals surface area contributed by atoms with E-state index in [-0.39, 0.29) is 0 Å². The summed E-state index contributed by atoms with van der Waals surface area (Å²) in [7, 11) is 1.70. The lowest BCUT2D eigenvalue weighted by molar-refractivity contribution is 0.414. The van der Waals surface area contributed by atoms with Crippen molar-refractivity contribution in [2.75, 3.05) is 23.9 Å². The highest BCUT2D eigenvalue weighted by molar-refractivity contribution is 9.10. The molecule has 2 nitrogen and oxygen atoms in total. The van der Waals surface area contributed by atoms with E-state index in [1.807, 2.05) is 23.9 Å². The molecule has 0 saturated carbocycles. The third-order valence-corrected chi connectivity index (χ3v) is 4.21. The molecule has 16 heavy (non-hydrogen) atoms. The van der Waals surface area contributed by atoms with Gasteiger partial charge in [-0.25, -0.2) is 0 Å². The molecule has 0 spiro atoms. The largest absolute Gasteiger partial charge is 0.497 e. The van der Waals surface area contributed by atoms with Crippen LogP contribution in [0.25, 0.3) is 0 Å². The van der Waals surface area contributed by atoms with E-state index in [0.717, 1.165) is 15.9 Å². The van der Waals surface area contributed by atoms with Crippen molar-refractivity contribution >= 4 is 33.4 Å². The first kappa shape index (κ1) is 12.1. The number of ether oxygens (including phenoxy) is 1. The molecule has 0 bridgehead atoms. The summed E-state index contributed by atoms with van der Waals surface area (Å²) in [5.41, 5.74) is 1.14. The summed E-state index contributed by atoms with van der Waals surface area (Å²) in [4.78, 5) is 0. The predicted molar refractivity (Wildman–Crippen MR) is 74.7 cm³/mol. The summed E-state index contributed by atoms with van der Waals surface area (Å²) >= 11 is 5.54. The van der Waals surface area contributed by atoms with E-state index in [1.54, 1.807) is 7.11 Å². The molecule has 1 aromatic rings. The van der Waals surface area contributed by atoms with Crippen LogP contribution in [0.5, 0.6) is 5.75 Å². The second-order valence-corrected chi connectivity index (χ2v) is 6.05. The van der Waals surface area contributed by atoms with E-state index >= 15 is 0 Å². The van der Waals surface area contributed by atoms with Gasteiger partial charge in [0.15, 0.2) is 0 Å². The van der Waals surface area contributed by atoms with Gasteiger partial charge in [-0.3, -0.25) is 0 Å². The Hall–Kier alpha value is -0.350. The van der Waals surface area contributed by atoms with Crippen LogP contribution in [0.1, 0.15) is 12.8 Å². The molecule has 0 amide bonds. The maximum Gasteiger partial charge on any atom is 0.122 e. The van der Waals surface area contributed by atoms with Crippen LogP contribution >= 0.6 is 27.7 Å². The van der Waals surface area contributed by atoms with Gasteiger partial charge in [0.2, 0.25) is 0 Å². The van der Waals surface area contributed by atoms with Gasteiger partial charge in [-0.15, -0.1) is 0 Å². The van der Waals surface area contributed by atoms with Crippen LogP contribution in [0, 0.1) is 0 Å². The van der Waals surface area contributed by atoms with Gasteiger partial charge in [-0.2, -0.15) is 11.8 Å². The van der Waals surface area contributed by atoms with Crippen LogP contribution in [-0.2, 0) is 0 Å². The topological polar surface area (TPSA) is 21.3 Å². The first-order valence-electron chi connectivity index (χ1n) is 5.47. The normalized spacial score (nSPS) is 17.1. The van der Waals surface area contributed by atoms with Crippen molar-refractivity contribution in [3.05, 3.63) is 22.7 Å². The molecule has 1 aliphatic rings. The van der Waals surface area contributed by atoms with Crippen LogP contribution < -0.4 is 10.1 Å². The maximum atomic E-state index is 5.25. The van der Waals surface area contributed by atoms with Gasteiger partial charge in [0.05, 0.1) is 7.11 Å². The molecule has 1 saturated heterocycles. The summed E-state index contributed by atoms with van der Waals surface area (Å²) in [5.74, 6) is 3.42. The molecule has 1 heterocycles. The Kier molecular flexibility index (Phi) is 4.41. The van der Waals surface area contributed by atoms with Crippen molar-refractivity contribution in [2.45, 2.75) is 18.9 Å². The third-order valence-electron chi connectivity index (χ3n) is 2.70. The number of thioether (sulfide) groups is 1. The molecule has 1 N–H and O–H groups in total. The third kappa shape index (κ3) is 3.32. The minimum absolute atomic E-state index is 0.611. The number of halogens is 1. The smallest absolute Gasteiger partial charge is 0.122 e. The van der Waals surface area contributed by atoms with Crippen molar-refractivity contribution in [2.24, 2.45) is 0 Å². The van der Waals surface area contributed by atoms with Crippen molar-refractivity contribution in [3.8, 4) is 5.75 Å². The molecule has 1 fully saturated rings. The van der Waals surface area contributed by atoms with E-state index in [9.17, 15) is 0 Å². The summed E-state index contributed by atoms with van der Waals surface area (Å²) < 4.78 is 6.31. The van der Waals surface area contributed by atoms with Crippen LogP contribution in [0.2, 0.25) is 0 Å². The van der Waals surface area contributed by atoms with Crippen LogP contribution in [0.4, 0.5) is 5.69 Å². The Morgan fingerprint density at radius 3 is 2.75 bits per heavy atom. The Balaban J connectivity index is 2.04. The van der Waals surface area contributed by atoms with E-state index in [2.05, 4.69) is 27.3 Å². The molecule has 88 valence electrons. The van der Waals surface area contributed by atoms with E-state index < -0.39 is 0 Å². The van der Waals surface area contributed by atoms with Crippen molar-refractivity contribution < 1.29 is 4.74 Å². The fraction of sp³-hybridized carbons (Fsp3) is 0.500.